The fourth-order valence-electron chi connectivity index (χ4n) is 3.10. The number of aromatic nitrogens is 1. The molecule has 0 amide bonds. The fourth-order valence-corrected chi connectivity index (χ4v) is 3.38. The number of rotatable bonds is 4. The summed E-state index contributed by atoms with van der Waals surface area (Å²) in [4.78, 5) is 4.67. The van der Waals surface area contributed by atoms with Crippen LogP contribution in [0, 0.1) is 11.3 Å². The molecule has 3 heteroatoms. The smallest absolute Gasteiger partial charge is 0.0991 e. The summed E-state index contributed by atoms with van der Waals surface area (Å²) in [5, 5.41) is 9.81. The van der Waals surface area contributed by atoms with Crippen LogP contribution < -0.4 is 0 Å². The maximum Gasteiger partial charge on any atom is 0.0991 e. The van der Waals surface area contributed by atoms with Crippen molar-refractivity contribution in [1.82, 2.24) is 4.98 Å². The maximum atomic E-state index is 8.94. The van der Waals surface area contributed by atoms with Crippen LogP contribution in [0.2, 0.25) is 0 Å². The third-order valence-electron chi connectivity index (χ3n) is 4.60. The summed E-state index contributed by atoms with van der Waals surface area (Å²) in [6.45, 7) is 0. The summed E-state index contributed by atoms with van der Waals surface area (Å²) in [6, 6.07) is 29.8. The van der Waals surface area contributed by atoms with Crippen molar-refractivity contribution in [2.75, 3.05) is 0 Å². The molecule has 0 saturated carbocycles. The molecule has 3 aromatic carbocycles. The molecule has 134 valence electrons. The molecular weight excluding hydrogens is 364 g/mol. The van der Waals surface area contributed by atoms with Gasteiger partial charge in [0.25, 0.3) is 0 Å². The average Bonchev–Trinajstić information content (AvgIpc) is 2.77. The van der Waals surface area contributed by atoms with E-state index in [-0.39, 0.29) is 5.38 Å². The molecule has 0 aliphatic carbocycles. The van der Waals surface area contributed by atoms with E-state index in [1.807, 2.05) is 66.7 Å². The lowest BCUT2D eigenvalue weighted by Gasteiger charge is -2.11. The minimum Gasteiger partial charge on any atom is -0.248 e. The molecule has 0 fully saturated rings. The molecule has 0 aliphatic rings. The lowest BCUT2D eigenvalue weighted by Crippen LogP contribution is -1.94. The van der Waals surface area contributed by atoms with Crippen molar-refractivity contribution >= 4 is 34.7 Å². The molecule has 2 nitrogen and oxygen atoms in total. The van der Waals surface area contributed by atoms with Gasteiger partial charge in [-0.25, -0.2) is 4.98 Å². The Morgan fingerprint density at radius 3 is 2.46 bits per heavy atom. The Bertz CT molecular complexity index is 1190. The highest BCUT2D eigenvalue weighted by Crippen LogP contribution is 2.29. The van der Waals surface area contributed by atoms with Crippen LogP contribution in [-0.4, -0.2) is 4.98 Å². The molecule has 1 heterocycles. The van der Waals surface area contributed by atoms with Gasteiger partial charge in [-0.2, -0.15) is 5.26 Å². The zero-order valence-electron chi connectivity index (χ0n) is 15.1. The van der Waals surface area contributed by atoms with Gasteiger partial charge in [0.15, 0.2) is 0 Å². The van der Waals surface area contributed by atoms with Crippen molar-refractivity contribution in [3.05, 3.63) is 113 Å². The maximum absolute atomic E-state index is 8.94. The van der Waals surface area contributed by atoms with Gasteiger partial charge in [0.1, 0.15) is 0 Å². The van der Waals surface area contributed by atoms with Gasteiger partial charge < -0.3 is 0 Å². The van der Waals surface area contributed by atoms with E-state index in [4.69, 9.17) is 16.9 Å². The van der Waals surface area contributed by atoms with Gasteiger partial charge in [0.05, 0.1) is 28.2 Å². The predicted molar refractivity (Wildman–Crippen MR) is 116 cm³/mol. The Kier molecular flexibility index (Phi) is 5.19. The standard InChI is InChI=1S/C25H17ClN2/c26-25(21-11-8-19(17-27)9-12-21)22-6-3-4-18(16-22)10-14-23-15-13-20-5-1-2-7-24(20)28-23/h1-16,25H/b14-10+. The summed E-state index contributed by atoms with van der Waals surface area (Å²) < 4.78 is 0. The number of nitrogens with zero attached hydrogens (tertiary/aromatic N) is 2. The van der Waals surface area contributed by atoms with Crippen LogP contribution in [0.1, 0.15) is 33.3 Å². The number of benzene rings is 3. The van der Waals surface area contributed by atoms with Gasteiger partial charge in [-0.15, -0.1) is 11.6 Å². The number of fused-ring (bicyclic) bond motifs is 1. The van der Waals surface area contributed by atoms with Crippen molar-refractivity contribution in [2.45, 2.75) is 5.38 Å². The molecule has 1 unspecified atom stereocenters. The van der Waals surface area contributed by atoms with E-state index < -0.39 is 0 Å². The Morgan fingerprint density at radius 1 is 0.821 bits per heavy atom. The van der Waals surface area contributed by atoms with Crippen LogP contribution in [0.25, 0.3) is 23.1 Å². The van der Waals surface area contributed by atoms with Crippen molar-refractivity contribution in [3.63, 3.8) is 0 Å². The highest BCUT2D eigenvalue weighted by Gasteiger charge is 2.11. The van der Waals surface area contributed by atoms with Crippen LogP contribution in [0.4, 0.5) is 0 Å². The summed E-state index contributed by atoms with van der Waals surface area (Å²) in [6.07, 6.45) is 4.06. The van der Waals surface area contributed by atoms with Gasteiger partial charge >= 0.3 is 0 Å². The lowest BCUT2D eigenvalue weighted by molar-refractivity contribution is 1.14. The first-order valence-corrected chi connectivity index (χ1v) is 9.44. The number of halogens is 1. The predicted octanol–water partition coefficient (Wildman–Crippen LogP) is 6.61. The molecule has 0 bridgehead atoms. The molecule has 1 aromatic heterocycles. The summed E-state index contributed by atoms with van der Waals surface area (Å²) >= 11 is 6.66. The molecule has 0 N–H and O–H groups in total. The zero-order valence-corrected chi connectivity index (χ0v) is 15.8. The molecular formula is C25H17ClN2. The van der Waals surface area contributed by atoms with Gasteiger partial charge in [-0.3, -0.25) is 0 Å². The number of alkyl halides is 1. The number of hydrogen-bond donors (Lipinski definition) is 0. The van der Waals surface area contributed by atoms with E-state index >= 15 is 0 Å². The van der Waals surface area contributed by atoms with E-state index in [0.717, 1.165) is 33.3 Å². The highest BCUT2D eigenvalue weighted by molar-refractivity contribution is 6.22. The van der Waals surface area contributed by atoms with Crippen LogP contribution >= 0.6 is 11.6 Å². The van der Waals surface area contributed by atoms with Gasteiger partial charge in [-0.05, 0) is 53.1 Å². The Hall–Kier alpha value is -3.41. The second kappa shape index (κ2) is 8.08. The molecule has 0 radical (unpaired) electrons. The minimum atomic E-state index is -0.264. The normalized spacial score (nSPS) is 12.1. The molecule has 0 saturated heterocycles. The zero-order chi connectivity index (χ0) is 19.3. The Morgan fingerprint density at radius 2 is 1.64 bits per heavy atom. The molecule has 4 aromatic rings. The van der Waals surface area contributed by atoms with Crippen molar-refractivity contribution in [1.29, 1.82) is 5.26 Å². The first kappa shape index (κ1) is 18.0. The topological polar surface area (TPSA) is 36.7 Å². The van der Waals surface area contributed by atoms with Crippen molar-refractivity contribution in [2.24, 2.45) is 0 Å². The first-order chi connectivity index (χ1) is 13.7. The van der Waals surface area contributed by atoms with Gasteiger partial charge in [0, 0.05) is 5.39 Å². The largest absolute Gasteiger partial charge is 0.248 e. The summed E-state index contributed by atoms with van der Waals surface area (Å²) in [5.41, 5.74) is 5.58. The van der Waals surface area contributed by atoms with E-state index in [1.165, 1.54) is 0 Å². The summed E-state index contributed by atoms with van der Waals surface area (Å²) in [7, 11) is 0. The minimum absolute atomic E-state index is 0.264. The second-order valence-electron chi connectivity index (χ2n) is 6.53. The van der Waals surface area contributed by atoms with Gasteiger partial charge in [-0.1, -0.05) is 60.7 Å². The Balaban J connectivity index is 1.57. The highest BCUT2D eigenvalue weighted by atomic mass is 35.5. The van der Waals surface area contributed by atoms with Crippen LogP contribution in [0.5, 0.6) is 0 Å². The number of nitriles is 1. The number of hydrogen-bond acceptors (Lipinski definition) is 2. The molecule has 28 heavy (non-hydrogen) atoms. The second-order valence-corrected chi connectivity index (χ2v) is 6.97. The number of pyridine rings is 1. The summed E-state index contributed by atoms with van der Waals surface area (Å²) in [5.74, 6) is 0. The van der Waals surface area contributed by atoms with Crippen LogP contribution in [0.15, 0.2) is 84.9 Å². The van der Waals surface area contributed by atoms with E-state index in [1.54, 1.807) is 12.1 Å². The van der Waals surface area contributed by atoms with Crippen LogP contribution in [-0.2, 0) is 0 Å². The Labute approximate surface area is 169 Å². The third-order valence-corrected chi connectivity index (χ3v) is 5.11. The van der Waals surface area contributed by atoms with Crippen molar-refractivity contribution in [3.8, 4) is 6.07 Å². The van der Waals surface area contributed by atoms with Crippen molar-refractivity contribution < 1.29 is 0 Å². The van der Waals surface area contributed by atoms with Gasteiger partial charge in [0.2, 0.25) is 0 Å². The quantitative estimate of drug-likeness (QED) is 0.374. The van der Waals surface area contributed by atoms with Crippen LogP contribution in [0.3, 0.4) is 0 Å². The SMILES string of the molecule is N#Cc1ccc(C(Cl)c2cccc(/C=C/c3ccc4ccccc4n3)c2)cc1. The third kappa shape index (κ3) is 3.96. The molecule has 0 aliphatic heterocycles. The van der Waals surface area contributed by atoms with E-state index in [9.17, 15) is 0 Å². The molecule has 4 rings (SSSR count). The fraction of sp³-hybridized carbons (Fsp3) is 0.0400. The van der Waals surface area contributed by atoms with E-state index in [0.29, 0.717) is 5.56 Å². The average molecular weight is 381 g/mol. The molecule has 0 spiro atoms. The lowest BCUT2D eigenvalue weighted by atomic mass is 10.0. The molecule has 1 atom stereocenters. The number of para-hydroxylation sites is 1. The first-order valence-electron chi connectivity index (χ1n) is 9.01. The monoisotopic (exact) mass is 380 g/mol. The van der Waals surface area contributed by atoms with E-state index in [2.05, 4.69) is 29.3 Å².